The van der Waals surface area contributed by atoms with Gasteiger partial charge in [0, 0.05) is 5.56 Å². The Bertz CT molecular complexity index is 690. The third kappa shape index (κ3) is 3.08. The molecule has 0 saturated carbocycles. The highest BCUT2D eigenvalue weighted by Crippen LogP contribution is 2.30. The number of hydrogen-bond donors (Lipinski definition) is 0. The van der Waals surface area contributed by atoms with Crippen molar-refractivity contribution in [1.82, 2.24) is 4.98 Å². The number of hydrogen-bond acceptors (Lipinski definition) is 2. The van der Waals surface area contributed by atoms with Crippen LogP contribution in [-0.2, 0) is 6.18 Å². The first kappa shape index (κ1) is 15.5. The zero-order valence-electron chi connectivity index (χ0n) is 11.3. The second kappa shape index (κ2) is 5.48. The Morgan fingerprint density at radius 1 is 1.10 bits per heavy atom. The predicted octanol–water partition coefficient (Wildman–Crippen LogP) is 4.60. The molecule has 0 atom stereocenters. The Labute approximate surface area is 124 Å². The van der Waals surface area contributed by atoms with Crippen molar-refractivity contribution in [3.63, 3.8) is 0 Å². The summed E-state index contributed by atoms with van der Waals surface area (Å²) in [5.74, 6) is -0.433. The Kier molecular flexibility index (Phi) is 4.05. The van der Waals surface area contributed by atoms with E-state index in [0.717, 1.165) is 23.3 Å². The smallest absolute Gasteiger partial charge is 0.288 e. The minimum Gasteiger partial charge on any atom is -0.288 e. The van der Waals surface area contributed by atoms with Crippen LogP contribution >= 0.6 is 11.6 Å². The highest BCUT2D eigenvalue weighted by molar-refractivity contribution is 6.34. The molecular formula is C15H11ClF3NO. The first-order valence-corrected chi connectivity index (χ1v) is 6.44. The average Bonchev–Trinajstić information content (AvgIpc) is 2.37. The number of carbonyl (C=O) groups is 1. The van der Waals surface area contributed by atoms with Crippen molar-refractivity contribution in [2.45, 2.75) is 20.0 Å². The monoisotopic (exact) mass is 313 g/mol. The van der Waals surface area contributed by atoms with E-state index in [4.69, 9.17) is 11.6 Å². The van der Waals surface area contributed by atoms with Gasteiger partial charge in [0.15, 0.2) is 5.78 Å². The summed E-state index contributed by atoms with van der Waals surface area (Å²) >= 11 is 5.75. The van der Waals surface area contributed by atoms with E-state index in [1.54, 1.807) is 32.0 Å². The molecule has 0 unspecified atom stereocenters. The van der Waals surface area contributed by atoms with Gasteiger partial charge in [-0.15, -0.1) is 0 Å². The molecule has 0 aliphatic carbocycles. The van der Waals surface area contributed by atoms with E-state index in [9.17, 15) is 18.0 Å². The van der Waals surface area contributed by atoms with Crippen LogP contribution in [-0.4, -0.2) is 10.8 Å². The molecule has 0 spiro atoms. The largest absolute Gasteiger partial charge is 0.433 e. The standard InChI is InChI=1S/C15H11ClF3NO/c1-8-4-3-5-9(2)12(8)13(21)10-6-7-11(15(17,18)19)20-14(10)16/h3-7H,1-2H3. The van der Waals surface area contributed by atoms with Crippen molar-refractivity contribution in [3.05, 3.63) is 63.4 Å². The molecule has 1 aromatic carbocycles. The van der Waals surface area contributed by atoms with Crippen LogP contribution in [0, 0.1) is 13.8 Å². The van der Waals surface area contributed by atoms with Crippen molar-refractivity contribution in [2.24, 2.45) is 0 Å². The second-order valence-corrected chi connectivity index (χ2v) is 4.99. The number of nitrogens with zero attached hydrogens (tertiary/aromatic N) is 1. The van der Waals surface area contributed by atoms with Crippen molar-refractivity contribution >= 4 is 17.4 Å². The molecular weight excluding hydrogens is 303 g/mol. The lowest BCUT2D eigenvalue weighted by Crippen LogP contribution is -2.12. The summed E-state index contributed by atoms with van der Waals surface area (Å²) in [6.07, 6.45) is -4.59. The molecule has 2 nitrogen and oxygen atoms in total. The van der Waals surface area contributed by atoms with Gasteiger partial charge in [-0.05, 0) is 37.1 Å². The Morgan fingerprint density at radius 2 is 1.67 bits per heavy atom. The number of benzene rings is 1. The van der Waals surface area contributed by atoms with Gasteiger partial charge in [0.05, 0.1) is 5.56 Å². The summed E-state index contributed by atoms with van der Waals surface area (Å²) in [6.45, 7) is 3.51. The zero-order valence-corrected chi connectivity index (χ0v) is 12.0. The molecule has 110 valence electrons. The third-order valence-corrected chi connectivity index (χ3v) is 3.38. The van der Waals surface area contributed by atoms with Crippen molar-refractivity contribution < 1.29 is 18.0 Å². The molecule has 1 heterocycles. The normalized spacial score (nSPS) is 11.5. The van der Waals surface area contributed by atoms with E-state index in [-0.39, 0.29) is 5.56 Å². The SMILES string of the molecule is Cc1cccc(C)c1C(=O)c1ccc(C(F)(F)F)nc1Cl. The molecule has 2 aromatic rings. The van der Waals surface area contributed by atoms with Gasteiger partial charge >= 0.3 is 6.18 Å². The predicted molar refractivity (Wildman–Crippen MR) is 73.6 cm³/mol. The quantitative estimate of drug-likeness (QED) is 0.599. The molecule has 0 fully saturated rings. The van der Waals surface area contributed by atoms with Crippen LogP contribution in [0.5, 0.6) is 0 Å². The van der Waals surface area contributed by atoms with Gasteiger partial charge in [-0.3, -0.25) is 4.79 Å². The van der Waals surface area contributed by atoms with Crippen LogP contribution in [0.3, 0.4) is 0 Å². The van der Waals surface area contributed by atoms with Crippen molar-refractivity contribution in [3.8, 4) is 0 Å². The van der Waals surface area contributed by atoms with Gasteiger partial charge in [0.25, 0.3) is 0 Å². The summed E-state index contributed by atoms with van der Waals surface area (Å²) < 4.78 is 37.6. The summed E-state index contributed by atoms with van der Waals surface area (Å²) in [6, 6.07) is 7.13. The van der Waals surface area contributed by atoms with Crippen LogP contribution in [0.25, 0.3) is 0 Å². The molecule has 0 aliphatic heterocycles. The minimum atomic E-state index is -4.59. The van der Waals surface area contributed by atoms with Gasteiger partial charge in [0.1, 0.15) is 10.8 Å². The summed E-state index contributed by atoms with van der Waals surface area (Å²) in [5.41, 5.74) is 0.737. The van der Waals surface area contributed by atoms with Crippen molar-refractivity contribution in [1.29, 1.82) is 0 Å². The molecule has 2 rings (SSSR count). The van der Waals surface area contributed by atoms with Crippen LogP contribution in [0.1, 0.15) is 32.7 Å². The topological polar surface area (TPSA) is 30.0 Å². The Morgan fingerprint density at radius 3 is 2.14 bits per heavy atom. The minimum absolute atomic E-state index is 0.0398. The van der Waals surface area contributed by atoms with E-state index >= 15 is 0 Å². The fourth-order valence-corrected chi connectivity index (χ4v) is 2.31. The molecule has 21 heavy (non-hydrogen) atoms. The van der Waals surface area contributed by atoms with Gasteiger partial charge in [-0.25, -0.2) is 4.98 Å². The Hall–Kier alpha value is -1.88. The first-order valence-electron chi connectivity index (χ1n) is 6.06. The number of rotatable bonds is 2. The van der Waals surface area contributed by atoms with Gasteiger partial charge in [-0.2, -0.15) is 13.2 Å². The average molecular weight is 314 g/mol. The molecule has 0 N–H and O–H groups in total. The zero-order chi connectivity index (χ0) is 15.8. The first-order chi connectivity index (χ1) is 9.71. The molecule has 6 heteroatoms. The number of carbonyl (C=O) groups excluding carboxylic acids is 1. The van der Waals surface area contributed by atoms with Crippen LogP contribution in [0.2, 0.25) is 5.15 Å². The Balaban J connectivity index is 2.50. The highest BCUT2D eigenvalue weighted by atomic mass is 35.5. The summed E-state index contributed by atoms with van der Waals surface area (Å²) in [5, 5.41) is -0.447. The molecule has 0 amide bonds. The molecule has 0 bridgehead atoms. The van der Waals surface area contributed by atoms with E-state index in [1.807, 2.05) is 0 Å². The summed E-state index contributed by atoms with van der Waals surface area (Å²) in [4.78, 5) is 15.7. The number of aryl methyl sites for hydroxylation is 2. The molecule has 0 radical (unpaired) electrons. The van der Waals surface area contributed by atoms with Gasteiger partial charge in [-0.1, -0.05) is 29.8 Å². The highest BCUT2D eigenvalue weighted by Gasteiger charge is 2.33. The molecule has 0 saturated heterocycles. The third-order valence-electron chi connectivity index (χ3n) is 3.09. The van der Waals surface area contributed by atoms with Crippen LogP contribution in [0.15, 0.2) is 30.3 Å². The lowest BCUT2D eigenvalue weighted by Gasteiger charge is -2.11. The lowest BCUT2D eigenvalue weighted by atomic mass is 9.95. The fraction of sp³-hybridized carbons (Fsp3) is 0.200. The van der Waals surface area contributed by atoms with E-state index in [0.29, 0.717) is 5.56 Å². The number of halogens is 4. The number of aromatic nitrogens is 1. The van der Waals surface area contributed by atoms with Gasteiger partial charge < -0.3 is 0 Å². The maximum absolute atomic E-state index is 12.5. The summed E-state index contributed by atoms with van der Waals surface area (Å²) in [7, 11) is 0. The van der Waals surface area contributed by atoms with E-state index < -0.39 is 22.8 Å². The van der Waals surface area contributed by atoms with Crippen LogP contribution < -0.4 is 0 Å². The lowest BCUT2D eigenvalue weighted by molar-refractivity contribution is -0.141. The number of alkyl halides is 3. The molecule has 1 aromatic heterocycles. The van der Waals surface area contributed by atoms with Crippen molar-refractivity contribution in [2.75, 3.05) is 0 Å². The maximum atomic E-state index is 12.5. The fourth-order valence-electron chi connectivity index (χ4n) is 2.07. The number of pyridine rings is 1. The maximum Gasteiger partial charge on any atom is 0.433 e. The van der Waals surface area contributed by atoms with E-state index in [1.165, 1.54) is 0 Å². The number of ketones is 1. The molecule has 0 aliphatic rings. The van der Waals surface area contributed by atoms with Crippen LogP contribution in [0.4, 0.5) is 13.2 Å². The van der Waals surface area contributed by atoms with E-state index in [2.05, 4.69) is 4.98 Å². The second-order valence-electron chi connectivity index (χ2n) is 4.63. The van der Waals surface area contributed by atoms with Gasteiger partial charge in [0.2, 0.25) is 0 Å².